The van der Waals surface area contributed by atoms with Gasteiger partial charge in [-0.2, -0.15) is 0 Å². The van der Waals surface area contributed by atoms with Crippen molar-refractivity contribution in [3.63, 3.8) is 0 Å². The molecule has 124 valence electrons. The van der Waals surface area contributed by atoms with Crippen LogP contribution in [-0.4, -0.2) is 30.6 Å². The quantitative estimate of drug-likeness (QED) is 0.840. The van der Waals surface area contributed by atoms with Gasteiger partial charge in [-0.25, -0.2) is 0 Å². The van der Waals surface area contributed by atoms with Gasteiger partial charge in [0.05, 0.1) is 5.41 Å². The number of hydrogen-bond acceptors (Lipinski definition) is 3. The topological polar surface area (TPSA) is 42.4 Å². The van der Waals surface area contributed by atoms with Crippen LogP contribution in [0.3, 0.4) is 0 Å². The maximum atomic E-state index is 13.6. The lowest BCUT2D eigenvalue weighted by Crippen LogP contribution is -2.49. The molecule has 5 heteroatoms. The molecule has 1 saturated heterocycles. The van der Waals surface area contributed by atoms with Gasteiger partial charge in [-0.15, -0.1) is 0 Å². The predicted molar refractivity (Wildman–Crippen MR) is 93.5 cm³/mol. The second-order valence-corrected chi connectivity index (χ2v) is 6.79. The zero-order valence-electron chi connectivity index (χ0n) is 13.4. The first-order valence-corrected chi connectivity index (χ1v) is 8.68. The highest BCUT2D eigenvalue weighted by Crippen LogP contribution is 2.42. The molecule has 0 atom stereocenters. The number of anilines is 1. The molecule has 2 aliphatic heterocycles. The molecule has 0 saturated carbocycles. The van der Waals surface area contributed by atoms with Crippen molar-refractivity contribution in [1.82, 2.24) is 4.98 Å². The van der Waals surface area contributed by atoms with Crippen molar-refractivity contribution in [3.8, 4) is 0 Å². The summed E-state index contributed by atoms with van der Waals surface area (Å²) in [6, 6.07) is 9.63. The fourth-order valence-electron chi connectivity index (χ4n) is 3.87. The molecule has 0 unspecified atom stereocenters. The van der Waals surface area contributed by atoms with Crippen LogP contribution in [0.5, 0.6) is 0 Å². The number of hydrogen-bond donors (Lipinski definition) is 0. The minimum Gasteiger partial charge on any atom is -0.381 e. The van der Waals surface area contributed by atoms with Crippen LogP contribution in [0.1, 0.15) is 24.0 Å². The lowest BCUT2D eigenvalue weighted by molar-refractivity contribution is -0.127. The van der Waals surface area contributed by atoms with Crippen LogP contribution < -0.4 is 4.90 Å². The molecule has 1 amide bonds. The molecule has 0 spiro atoms. The zero-order valence-corrected chi connectivity index (χ0v) is 14.1. The highest BCUT2D eigenvalue weighted by molar-refractivity contribution is 6.32. The van der Waals surface area contributed by atoms with Crippen molar-refractivity contribution < 1.29 is 9.53 Å². The number of nitrogens with zero attached hydrogens (tertiary/aromatic N) is 2. The lowest BCUT2D eigenvalue weighted by atomic mass is 9.73. The van der Waals surface area contributed by atoms with Gasteiger partial charge in [0, 0.05) is 42.9 Å². The maximum absolute atomic E-state index is 13.6. The molecule has 1 aromatic carbocycles. The van der Waals surface area contributed by atoms with Crippen molar-refractivity contribution in [1.29, 1.82) is 0 Å². The molecule has 0 bridgehead atoms. The summed E-state index contributed by atoms with van der Waals surface area (Å²) in [5, 5.41) is 0.655. The number of amides is 1. The summed E-state index contributed by atoms with van der Waals surface area (Å²) in [6.45, 7) is 1.86. The van der Waals surface area contributed by atoms with Gasteiger partial charge in [0.2, 0.25) is 5.91 Å². The van der Waals surface area contributed by atoms with Gasteiger partial charge in [0.15, 0.2) is 0 Å². The summed E-state index contributed by atoms with van der Waals surface area (Å²) < 4.78 is 5.54. The number of carbonyl (C=O) groups excluding carboxylic acids is 1. The first kappa shape index (κ1) is 15.6. The summed E-state index contributed by atoms with van der Waals surface area (Å²) in [5.41, 5.74) is 2.42. The van der Waals surface area contributed by atoms with E-state index in [9.17, 15) is 4.79 Å². The summed E-state index contributed by atoms with van der Waals surface area (Å²) in [7, 11) is 0. The van der Waals surface area contributed by atoms with Gasteiger partial charge < -0.3 is 9.64 Å². The fourth-order valence-corrected chi connectivity index (χ4v) is 4.18. The van der Waals surface area contributed by atoms with E-state index in [1.54, 1.807) is 6.20 Å². The first-order valence-electron chi connectivity index (χ1n) is 8.30. The molecule has 2 aliphatic rings. The Kier molecular flexibility index (Phi) is 4.02. The van der Waals surface area contributed by atoms with Gasteiger partial charge in [-0.1, -0.05) is 29.8 Å². The van der Waals surface area contributed by atoms with E-state index in [0.29, 0.717) is 37.6 Å². The van der Waals surface area contributed by atoms with Crippen LogP contribution in [0.2, 0.25) is 5.02 Å². The molecule has 2 aromatic rings. The van der Waals surface area contributed by atoms with Gasteiger partial charge in [0.25, 0.3) is 0 Å². The maximum Gasteiger partial charge on any atom is 0.237 e. The Balaban J connectivity index is 1.78. The number of pyridine rings is 1. The molecule has 1 aromatic heterocycles. The predicted octanol–water partition coefficient (Wildman–Crippen LogP) is 3.37. The molecule has 0 radical (unpaired) electrons. The van der Waals surface area contributed by atoms with Crippen LogP contribution >= 0.6 is 11.6 Å². The number of carbonyl (C=O) groups is 1. The molecule has 0 N–H and O–H groups in total. The Hall–Kier alpha value is -1.91. The van der Waals surface area contributed by atoms with Gasteiger partial charge in [-0.3, -0.25) is 9.78 Å². The summed E-state index contributed by atoms with van der Waals surface area (Å²) in [4.78, 5) is 19.7. The van der Waals surface area contributed by atoms with Crippen molar-refractivity contribution >= 4 is 23.2 Å². The Morgan fingerprint density at radius 1 is 1.21 bits per heavy atom. The molecule has 4 rings (SSSR count). The average Bonchev–Trinajstić information content (AvgIpc) is 3.06. The third-order valence-electron chi connectivity index (χ3n) is 5.16. The van der Waals surface area contributed by atoms with Crippen LogP contribution in [0.25, 0.3) is 0 Å². The monoisotopic (exact) mass is 342 g/mol. The minimum atomic E-state index is -0.610. The fraction of sp³-hybridized carbons (Fsp3) is 0.368. The minimum absolute atomic E-state index is 0.129. The molecule has 1 fully saturated rings. The van der Waals surface area contributed by atoms with Crippen LogP contribution in [-0.2, 0) is 21.4 Å². The van der Waals surface area contributed by atoms with Gasteiger partial charge in [-0.05, 0) is 42.5 Å². The largest absolute Gasteiger partial charge is 0.381 e. The number of rotatable bonds is 2. The van der Waals surface area contributed by atoms with E-state index in [0.717, 1.165) is 23.2 Å². The standard InChI is InChI=1S/C19H19ClN2O2/c20-16-4-2-1-3-15(16)19(7-11-24-12-8-19)18(23)22-10-6-14-13-21-9-5-17(14)22/h1-5,9,13H,6-8,10-12H2. The second-order valence-electron chi connectivity index (χ2n) is 6.39. The molecular weight excluding hydrogens is 324 g/mol. The second kappa shape index (κ2) is 6.19. The van der Waals surface area contributed by atoms with E-state index in [4.69, 9.17) is 16.3 Å². The molecule has 0 aliphatic carbocycles. The van der Waals surface area contributed by atoms with Crippen LogP contribution in [0.4, 0.5) is 5.69 Å². The Bertz CT molecular complexity index is 771. The number of benzene rings is 1. The highest BCUT2D eigenvalue weighted by atomic mass is 35.5. The smallest absolute Gasteiger partial charge is 0.237 e. The van der Waals surface area contributed by atoms with Gasteiger partial charge in [0.1, 0.15) is 0 Å². The van der Waals surface area contributed by atoms with Crippen molar-refractivity contribution in [2.24, 2.45) is 0 Å². The number of ether oxygens (including phenoxy) is 1. The van der Waals surface area contributed by atoms with E-state index in [1.807, 2.05) is 41.4 Å². The highest BCUT2D eigenvalue weighted by Gasteiger charge is 2.46. The lowest BCUT2D eigenvalue weighted by Gasteiger charge is -2.39. The number of fused-ring (bicyclic) bond motifs is 1. The number of aromatic nitrogens is 1. The molecular formula is C19H19ClN2O2. The third-order valence-corrected chi connectivity index (χ3v) is 5.49. The van der Waals surface area contributed by atoms with Crippen LogP contribution in [0, 0.1) is 0 Å². The van der Waals surface area contributed by atoms with Gasteiger partial charge >= 0.3 is 0 Å². The summed E-state index contributed by atoms with van der Waals surface area (Å²) >= 11 is 6.48. The average molecular weight is 343 g/mol. The Morgan fingerprint density at radius 2 is 2.00 bits per heavy atom. The first-order chi connectivity index (χ1) is 11.7. The molecule has 3 heterocycles. The third kappa shape index (κ3) is 2.41. The van der Waals surface area contributed by atoms with E-state index >= 15 is 0 Å². The van der Waals surface area contributed by atoms with E-state index in [2.05, 4.69) is 4.98 Å². The SMILES string of the molecule is O=C(N1CCc2cnccc21)C1(c2ccccc2Cl)CCOCC1. The van der Waals surface area contributed by atoms with E-state index in [-0.39, 0.29) is 5.91 Å². The van der Waals surface area contributed by atoms with E-state index < -0.39 is 5.41 Å². The molecule has 4 nitrogen and oxygen atoms in total. The van der Waals surface area contributed by atoms with Crippen molar-refractivity contribution in [2.75, 3.05) is 24.7 Å². The Morgan fingerprint density at radius 3 is 2.79 bits per heavy atom. The number of halogens is 1. The molecule has 24 heavy (non-hydrogen) atoms. The summed E-state index contributed by atoms with van der Waals surface area (Å²) in [6.07, 6.45) is 5.77. The normalized spacial score (nSPS) is 19.1. The van der Waals surface area contributed by atoms with Crippen LogP contribution in [0.15, 0.2) is 42.7 Å². The van der Waals surface area contributed by atoms with E-state index in [1.165, 1.54) is 0 Å². The summed E-state index contributed by atoms with van der Waals surface area (Å²) in [5.74, 6) is 0.129. The van der Waals surface area contributed by atoms with Crippen molar-refractivity contribution in [3.05, 3.63) is 58.9 Å². The van der Waals surface area contributed by atoms with Crippen molar-refractivity contribution in [2.45, 2.75) is 24.7 Å². The zero-order chi connectivity index (χ0) is 16.6. The Labute approximate surface area is 146 Å².